The number of carbonyl (C=O) groups is 1. The van der Waals surface area contributed by atoms with Crippen LogP contribution in [-0.4, -0.2) is 42.2 Å². The van der Waals surface area contributed by atoms with E-state index in [0.717, 1.165) is 0 Å². The molecule has 0 unspecified atom stereocenters. The molecule has 0 aliphatic rings. The second-order valence-electron chi connectivity index (χ2n) is 3.80. The molecule has 0 aliphatic heterocycles. The van der Waals surface area contributed by atoms with E-state index in [9.17, 15) is 9.18 Å². The van der Waals surface area contributed by atoms with Crippen molar-refractivity contribution in [1.29, 1.82) is 0 Å². The topological polar surface area (TPSA) is 53.4 Å². The molecule has 0 aromatic carbocycles. The number of rotatable bonds is 7. The minimum Gasteiger partial charge on any atom is -0.393 e. The van der Waals surface area contributed by atoms with Gasteiger partial charge in [-0.25, -0.2) is 9.37 Å². The molecule has 0 saturated carbocycles. The van der Waals surface area contributed by atoms with E-state index in [1.54, 1.807) is 12.1 Å². The first-order valence-corrected chi connectivity index (χ1v) is 6.11. The molecule has 0 aliphatic carbocycles. The Morgan fingerprint density at radius 3 is 2.89 bits per heavy atom. The number of alkyl halides is 1. The summed E-state index contributed by atoms with van der Waals surface area (Å²) < 4.78 is 13.0. The van der Waals surface area contributed by atoms with Crippen molar-refractivity contribution < 1.29 is 14.3 Å². The molecule has 100 valence electrons. The van der Waals surface area contributed by atoms with Crippen LogP contribution in [0.4, 0.5) is 10.1 Å². The number of nitrogens with zero attached hydrogens (tertiary/aromatic N) is 2. The van der Waals surface area contributed by atoms with Gasteiger partial charge in [-0.2, -0.15) is 0 Å². The standard InChI is InChI=1S/C12H16ClFN2O2/c1-2-16(6-5-9(14)7-17)11-3-4-12(13)15-10(11)8-18/h3-4,8-9,17H,2,5-7H2,1H3/t9-/m1/s1. The molecule has 1 heterocycles. The first kappa shape index (κ1) is 14.9. The van der Waals surface area contributed by atoms with Crippen molar-refractivity contribution in [1.82, 2.24) is 4.98 Å². The molecule has 1 N–H and O–H groups in total. The van der Waals surface area contributed by atoms with Crippen molar-refractivity contribution in [3.8, 4) is 0 Å². The molecule has 1 aromatic heterocycles. The van der Waals surface area contributed by atoms with Gasteiger partial charge in [0.15, 0.2) is 6.29 Å². The SMILES string of the molecule is CCN(CC[C@@H](F)CO)c1ccc(Cl)nc1C=O. The Labute approximate surface area is 110 Å². The number of hydrogen-bond acceptors (Lipinski definition) is 4. The summed E-state index contributed by atoms with van der Waals surface area (Å²) in [6, 6.07) is 3.28. The van der Waals surface area contributed by atoms with Crippen LogP contribution >= 0.6 is 11.6 Å². The first-order chi connectivity index (χ1) is 8.62. The maximum atomic E-state index is 13.0. The van der Waals surface area contributed by atoms with E-state index in [4.69, 9.17) is 16.7 Å². The van der Waals surface area contributed by atoms with Gasteiger partial charge in [0.2, 0.25) is 0 Å². The number of aliphatic hydroxyl groups excluding tert-OH is 1. The van der Waals surface area contributed by atoms with Crippen molar-refractivity contribution >= 4 is 23.6 Å². The predicted octanol–water partition coefficient (Wildman–Crippen LogP) is 2.09. The highest BCUT2D eigenvalue weighted by Crippen LogP contribution is 2.20. The molecule has 0 fully saturated rings. The summed E-state index contributed by atoms with van der Waals surface area (Å²) in [6.45, 7) is 2.43. The lowest BCUT2D eigenvalue weighted by molar-refractivity contribution is 0.111. The molecule has 0 spiro atoms. The smallest absolute Gasteiger partial charge is 0.170 e. The minimum absolute atomic E-state index is 0.200. The van der Waals surface area contributed by atoms with Crippen LogP contribution in [0.1, 0.15) is 23.8 Å². The quantitative estimate of drug-likeness (QED) is 0.611. The third kappa shape index (κ3) is 3.92. The Morgan fingerprint density at radius 1 is 1.61 bits per heavy atom. The molecule has 0 amide bonds. The third-order valence-corrected chi connectivity index (χ3v) is 2.82. The van der Waals surface area contributed by atoms with Gasteiger partial charge < -0.3 is 10.0 Å². The number of pyridine rings is 1. The Hall–Kier alpha value is -1.20. The first-order valence-electron chi connectivity index (χ1n) is 5.74. The Kier molecular flexibility index (Phi) is 6.01. The van der Waals surface area contributed by atoms with Crippen molar-refractivity contribution in [2.75, 3.05) is 24.6 Å². The lowest BCUT2D eigenvalue weighted by Gasteiger charge is -2.24. The van der Waals surface area contributed by atoms with Gasteiger partial charge in [-0.05, 0) is 25.5 Å². The van der Waals surface area contributed by atoms with E-state index in [2.05, 4.69) is 4.98 Å². The fourth-order valence-corrected chi connectivity index (χ4v) is 1.79. The molecule has 1 atom stereocenters. The minimum atomic E-state index is -1.25. The van der Waals surface area contributed by atoms with Crippen LogP contribution in [0.25, 0.3) is 0 Å². The van der Waals surface area contributed by atoms with Crippen LogP contribution in [0.5, 0.6) is 0 Å². The van der Waals surface area contributed by atoms with Gasteiger partial charge in [-0.1, -0.05) is 11.6 Å². The Balaban J connectivity index is 2.84. The second kappa shape index (κ2) is 7.28. The molecule has 4 nitrogen and oxygen atoms in total. The fraction of sp³-hybridized carbons (Fsp3) is 0.500. The fourth-order valence-electron chi connectivity index (χ4n) is 1.63. The highest BCUT2D eigenvalue weighted by molar-refractivity contribution is 6.29. The van der Waals surface area contributed by atoms with Gasteiger partial charge in [-0.15, -0.1) is 0 Å². The van der Waals surface area contributed by atoms with Gasteiger partial charge >= 0.3 is 0 Å². The van der Waals surface area contributed by atoms with Crippen LogP contribution in [0, 0.1) is 0 Å². The lowest BCUT2D eigenvalue weighted by Crippen LogP contribution is -2.28. The molecule has 18 heavy (non-hydrogen) atoms. The van der Waals surface area contributed by atoms with E-state index in [1.807, 2.05) is 11.8 Å². The average molecular weight is 275 g/mol. The van der Waals surface area contributed by atoms with Gasteiger partial charge in [0, 0.05) is 13.1 Å². The van der Waals surface area contributed by atoms with Crippen LogP contribution in [-0.2, 0) is 0 Å². The molecule has 1 rings (SSSR count). The monoisotopic (exact) mass is 274 g/mol. The zero-order chi connectivity index (χ0) is 13.5. The maximum Gasteiger partial charge on any atom is 0.170 e. The van der Waals surface area contributed by atoms with E-state index in [0.29, 0.717) is 25.1 Å². The summed E-state index contributed by atoms with van der Waals surface area (Å²) in [7, 11) is 0. The molecular weight excluding hydrogens is 259 g/mol. The van der Waals surface area contributed by atoms with Gasteiger partial charge in [0.1, 0.15) is 17.0 Å². The zero-order valence-corrected chi connectivity index (χ0v) is 10.9. The van der Waals surface area contributed by atoms with Crippen molar-refractivity contribution in [3.63, 3.8) is 0 Å². The molecular formula is C12H16ClFN2O2. The van der Waals surface area contributed by atoms with Crippen molar-refractivity contribution in [3.05, 3.63) is 23.0 Å². The number of aliphatic hydroxyl groups is 1. The average Bonchev–Trinajstić information content (AvgIpc) is 2.40. The Morgan fingerprint density at radius 2 is 2.33 bits per heavy atom. The Bertz CT molecular complexity index is 404. The third-order valence-electron chi connectivity index (χ3n) is 2.61. The van der Waals surface area contributed by atoms with Crippen molar-refractivity contribution in [2.45, 2.75) is 19.5 Å². The maximum absolute atomic E-state index is 13.0. The summed E-state index contributed by atoms with van der Waals surface area (Å²) in [4.78, 5) is 16.7. The van der Waals surface area contributed by atoms with Crippen LogP contribution in [0.2, 0.25) is 5.15 Å². The highest BCUT2D eigenvalue weighted by Gasteiger charge is 2.13. The second-order valence-corrected chi connectivity index (χ2v) is 4.19. The molecule has 1 aromatic rings. The van der Waals surface area contributed by atoms with Crippen LogP contribution < -0.4 is 4.90 Å². The summed E-state index contributed by atoms with van der Waals surface area (Å²) in [5.41, 5.74) is 0.866. The number of aldehydes is 1. The number of hydrogen-bond donors (Lipinski definition) is 1. The number of anilines is 1. The van der Waals surface area contributed by atoms with E-state index < -0.39 is 12.8 Å². The van der Waals surface area contributed by atoms with E-state index >= 15 is 0 Å². The summed E-state index contributed by atoms with van der Waals surface area (Å²) in [5, 5.41) is 8.89. The zero-order valence-electron chi connectivity index (χ0n) is 10.1. The van der Waals surface area contributed by atoms with E-state index in [1.165, 1.54) is 0 Å². The number of aromatic nitrogens is 1. The largest absolute Gasteiger partial charge is 0.393 e. The summed E-state index contributed by atoms with van der Waals surface area (Å²) in [6.07, 6.45) is -0.423. The molecule has 6 heteroatoms. The van der Waals surface area contributed by atoms with Crippen LogP contribution in [0.15, 0.2) is 12.1 Å². The summed E-state index contributed by atoms with van der Waals surface area (Å²) >= 11 is 5.71. The molecule has 0 radical (unpaired) electrons. The van der Waals surface area contributed by atoms with Crippen LogP contribution in [0.3, 0.4) is 0 Å². The van der Waals surface area contributed by atoms with Gasteiger partial charge in [-0.3, -0.25) is 4.79 Å². The number of carbonyl (C=O) groups excluding carboxylic acids is 1. The summed E-state index contributed by atoms with van der Waals surface area (Å²) in [5.74, 6) is 0. The van der Waals surface area contributed by atoms with E-state index in [-0.39, 0.29) is 17.3 Å². The number of halogens is 2. The normalized spacial score (nSPS) is 12.2. The lowest BCUT2D eigenvalue weighted by atomic mass is 10.2. The predicted molar refractivity (Wildman–Crippen MR) is 69.1 cm³/mol. The van der Waals surface area contributed by atoms with Gasteiger partial charge in [0.25, 0.3) is 0 Å². The van der Waals surface area contributed by atoms with Crippen molar-refractivity contribution in [2.24, 2.45) is 0 Å². The molecule has 0 saturated heterocycles. The highest BCUT2D eigenvalue weighted by atomic mass is 35.5. The van der Waals surface area contributed by atoms with Gasteiger partial charge in [0.05, 0.1) is 12.3 Å². The molecule has 0 bridgehead atoms.